The second-order valence-corrected chi connectivity index (χ2v) is 11.8. The maximum absolute atomic E-state index is 16.4. The molecule has 0 spiro atoms. The second kappa shape index (κ2) is 9.61. The van der Waals surface area contributed by atoms with E-state index in [1.807, 2.05) is 12.4 Å². The monoisotopic (exact) mass is 519 g/mol. The van der Waals surface area contributed by atoms with Gasteiger partial charge >= 0.3 is 0 Å². The van der Waals surface area contributed by atoms with Crippen LogP contribution < -0.4 is 4.90 Å². The molecular formula is C29H38FN7O. The molecule has 2 saturated heterocycles. The Kier molecular flexibility index (Phi) is 6.39. The smallest absolute Gasteiger partial charge is 0.175 e. The molecule has 6 heterocycles. The minimum absolute atomic E-state index is 0.118. The van der Waals surface area contributed by atoms with Crippen molar-refractivity contribution >= 4 is 22.4 Å². The highest BCUT2D eigenvalue weighted by Gasteiger charge is 2.35. The number of ether oxygens (including phenoxy) is 1. The number of pyridine rings is 2. The van der Waals surface area contributed by atoms with E-state index in [1.165, 1.54) is 0 Å². The number of hydrogen-bond donors (Lipinski definition) is 1. The van der Waals surface area contributed by atoms with Gasteiger partial charge in [0, 0.05) is 42.2 Å². The molecule has 2 aliphatic heterocycles. The normalized spacial score (nSPS) is 18.8. The van der Waals surface area contributed by atoms with Crippen LogP contribution in [0.25, 0.3) is 27.8 Å². The Morgan fingerprint density at radius 3 is 2.47 bits per heavy atom. The van der Waals surface area contributed by atoms with Crippen molar-refractivity contribution < 1.29 is 9.13 Å². The highest BCUT2D eigenvalue weighted by Crippen LogP contribution is 2.40. The van der Waals surface area contributed by atoms with Crippen molar-refractivity contribution in [2.45, 2.75) is 53.4 Å². The van der Waals surface area contributed by atoms with Gasteiger partial charge in [0.1, 0.15) is 6.33 Å². The lowest BCUT2D eigenvalue weighted by atomic mass is 9.88. The number of fused-ring (bicyclic) bond motifs is 2. The number of anilines is 1. The van der Waals surface area contributed by atoms with Crippen LogP contribution in [-0.2, 0) is 4.74 Å². The van der Waals surface area contributed by atoms with Gasteiger partial charge in [0.05, 0.1) is 30.6 Å². The van der Waals surface area contributed by atoms with Gasteiger partial charge in [-0.15, -0.1) is 0 Å². The van der Waals surface area contributed by atoms with Crippen molar-refractivity contribution in [1.82, 2.24) is 29.5 Å². The first-order chi connectivity index (χ1) is 18.3. The fourth-order valence-electron chi connectivity index (χ4n) is 6.27. The van der Waals surface area contributed by atoms with Crippen molar-refractivity contribution in [2.75, 3.05) is 50.8 Å². The predicted molar refractivity (Wildman–Crippen MR) is 148 cm³/mol. The summed E-state index contributed by atoms with van der Waals surface area (Å²) >= 11 is 0. The largest absolute Gasteiger partial charge is 0.380 e. The predicted octanol–water partition coefficient (Wildman–Crippen LogP) is 5.09. The Morgan fingerprint density at radius 1 is 1.08 bits per heavy atom. The summed E-state index contributed by atoms with van der Waals surface area (Å²) in [6, 6.07) is 0. The number of halogens is 1. The fourth-order valence-corrected chi connectivity index (χ4v) is 6.27. The number of aromatic amines is 1. The van der Waals surface area contributed by atoms with E-state index in [9.17, 15) is 0 Å². The van der Waals surface area contributed by atoms with E-state index < -0.39 is 0 Å². The minimum atomic E-state index is -0.221. The Hall–Kier alpha value is -3.04. The van der Waals surface area contributed by atoms with Crippen LogP contribution in [0.3, 0.4) is 0 Å². The third kappa shape index (κ3) is 4.25. The standard InChI is InChI=1S/C29H38FN7O/c1-18(2)23-24-22(34-26(23)21-13-37-27(32-17-33-37)20(4)19(21)3)12-31-28(25(24)30)36-10-6-8-35(9-7-11-36)14-29(5)15-38-16-29/h12-13,17-18,34H,6-11,14-16H2,1-5H3. The number of H-pyrrole nitrogens is 1. The lowest BCUT2D eigenvalue weighted by Gasteiger charge is -2.42. The molecule has 0 amide bonds. The quantitative estimate of drug-likeness (QED) is 0.396. The van der Waals surface area contributed by atoms with Crippen LogP contribution in [0.4, 0.5) is 10.2 Å². The van der Waals surface area contributed by atoms with Gasteiger partial charge in [0.2, 0.25) is 0 Å². The Morgan fingerprint density at radius 2 is 1.82 bits per heavy atom. The maximum atomic E-state index is 16.4. The number of nitrogens with zero attached hydrogens (tertiary/aromatic N) is 6. The molecule has 202 valence electrons. The lowest BCUT2D eigenvalue weighted by molar-refractivity contribution is -0.115. The van der Waals surface area contributed by atoms with Crippen LogP contribution in [0.2, 0.25) is 0 Å². The van der Waals surface area contributed by atoms with E-state index in [0.29, 0.717) is 11.2 Å². The van der Waals surface area contributed by atoms with Gasteiger partial charge in [-0.3, -0.25) is 0 Å². The minimum Gasteiger partial charge on any atom is -0.380 e. The highest BCUT2D eigenvalue weighted by atomic mass is 19.1. The Balaban J connectivity index is 1.34. The Labute approximate surface area is 223 Å². The van der Waals surface area contributed by atoms with Gasteiger partial charge in [-0.1, -0.05) is 20.8 Å². The van der Waals surface area contributed by atoms with Crippen LogP contribution >= 0.6 is 0 Å². The first-order valence-electron chi connectivity index (χ1n) is 13.8. The fraction of sp³-hybridized carbons (Fsp3) is 0.552. The maximum Gasteiger partial charge on any atom is 0.175 e. The molecule has 2 fully saturated rings. The topological polar surface area (TPSA) is 74.6 Å². The van der Waals surface area contributed by atoms with Gasteiger partial charge < -0.3 is 19.5 Å². The first-order valence-corrected chi connectivity index (χ1v) is 13.8. The molecule has 4 aromatic rings. The summed E-state index contributed by atoms with van der Waals surface area (Å²) in [5, 5.41) is 5.02. The summed E-state index contributed by atoms with van der Waals surface area (Å²) < 4.78 is 23.6. The van der Waals surface area contributed by atoms with E-state index in [-0.39, 0.29) is 17.2 Å². The SMILES string of the molecule is Cc1c(-c2[nH]c3cnc(N4CCCN(CC5(C)COC5)CCC4)c(F)c3c2C(C)C)cn2ncnc2c1C. The van der Waals surface area contributed by atoms with E-state index >= 15 is 4.39 Å². The molecular weight excluding hydrogens is 481 g/mol. The summed E-state index contributed by atoms with van der Waals surface area (Å²) in [5.74, 6) is 0.367. The molecule has 0 atom stereocenters. The van der Waals surface area contributed by atoms with Crippen LogP contribution in [0.5, 0.6) is 0 Å². The number of hydrogen-bond acceptors (Lipinski definition) is 6. The van der Waals surface area contributed by atoms with Crippen molar-refractivity contribution in [3.63, 3.8) is 0 Å². The molecule has 0 unspecified atom stereocenters. The van der Waals surface area contributed by atoms with Crippen molar-refractivity contribution in [2.24, 2.45) is 5.41 Å². The van der Waals surface area contributed by atoms with Gasteiger partial charge in [-0.05, 0) is 62.4 Å². The molecule has 8 nitrogen and oxygen atoms in total. The van der Waals surface area contributed by atoms with E-state index in [4.69, 9.17) is 4.74 Å². The molecule has 0 radical (unpaired) electrons. The molecule has 1 N–H and O–H groups in total. The van der Waals surface area contributed by atoms with Gasteiger partial charge in [-0.2, -0.15) is 5.10 Å². The van der Waals surface area contributed by atoms with Crippen LogP contribution in [0, 0.1) is 25.1 Å². The summed E-state index contributed by atoms with van der Waals surface area (Å²) in [6.45, 7) is 17.1. The molecule has 38 heavy (non-hydrogen) atoms. The second-order valence-electron chi connectivity index (χ2n) is 11.8. The Bertz CT molecular complexity index is 1480. The van der Waals surface area contributed by atoms with Gasteiger partial charge in [0.25, 0.3) is 0 Å². The molecule has 2 aliphatic rings. The third-order valence-electron chi connectivity index (χ3n) is 8.38. The molecule has 0 bridgehead atoms. The molecule has 0 aliphatic carbocycles. The van der Waals surface area contributed by atoms with Gasteiger partial charge in [-0.25, -0.2) is 18.9 Å². The number of rotatable bonds is 5. The third-order valence-corrected chi connectivity index (χ3v) is 8.38. The average molecular weight is 520 g/mol. The highest BCUT2D eigenvalue weighted by molar-refractivity contribution is 5.94. The molecule has 6 rings (SSSR count). The zero-order valence-electron chi connectivity index (χ0n) is 23.1. The molecule has 9 heteroatoms. The van der Waals surface area contributed by atoms with Crippen LogP contribution in [0.1, 0.15) is 56.2 Å². The van der Waals surface area contributed by atoms with E-state index in [2.05, 4.69) is 64.5 Å². The summed E-state index contributed by atoms with van der Waals surface area (Å²) in [6.07, 6.45) is 7.35. The summed E-state index contributed by atoms with van der Waals surface area (Å²) in [5.41, 5.74) is 6.97. The number of nitrogens with one attached hydrogen (secondary N) is 1. The average Bonchev–Trinajstić information content (AvgIpc) is 3.48. The van der Waals surface area contributed by atoms with Crippen LogP contribution in [0.15, 0.2) is 18.7 Å². The molecule has 0 saturated carbocycles. The molecule has 4 aromatic heterocycles. The lowest BCUT2D eigenvalue weighted by Crippen LogP contribution is -2.50. The summed E-state index contributed by atoms with van der Waals surface area (Å²) in [7, 11) is 0. The van der Waals surface area contributed by atoms with E-state index in [0.717, 1.165) is 97.9 Å². The number of aryl methyl sites for hydroxylation is 1. The summed E-state index contributed by atoms with van der Waals surface area (Å²) in [4.78, 5) is 17.3. The van der Waals surface area contributed by atoms with Crippen molar-refractivity contribution in [1.29, 1.82) is 0 Å². The zero-order chi connectivity index (χ0) is 26.6. The van der Waals surface area contributed by atoms with E-state index in [1.54, 1.807) is 10.8 Å². The van der Waals surface area contributed by atoms with Crippen LogP contribution in [-0.4, -0.2) is 75.4 Å². The van der Waals surface area contributed by atoms with Crippen molar-refractivity contribution in [3.05, 3.63) is 41.2 Å². The van der Waals surface area contributed by atoms with Crippen molar-refractivity contribution in [3.8, 4) is 11.3 Å². The zero-order valence-corrected chi connectivity index (χ0v) is 23.1. The first kappa shape index (κ1) is 25.2. The number of aromatic nitrogens is 5. The van der Waals surface area contributed by atoms with Gasteiger partial charge in [0.15, 0.2) is 17.3 Å². The molecule has 0 aromatic carbocycles.